The van der Waals surface area contributed by atoms with Crippen molar-refractivity contribution in [1.82, 2.24) is 20.0 Å². The van der Waals surface area contributed by atoms with Crippen molar-refractivity contribution in [3.05, 3.63) is 12.3 Å². The summed E-state index contributed by atoms with van der Waals surface area (Å²) in [5, 5.41) is 10.4. The molecule has 0 atom stereocenters. The van der Waals surface area contributed by atoms with Crippen molar-refractivity contribution < 1.29 is 4.79 Å². The number of anilines is 1. The van der Waals surface area contributed by atoms with Gasteiger partial charge in [0, 0.05) is 32.2 Å². The molecule has 2 N–H and O–H groups in total. The Morgan fingerprint density at radius 1 is 1.41 bits per heavy atom. The fraction of sp³-hybridized carbons (Fsp3) is 0.636. The van der Waals surface area contributed by atoms with Crippen LogP contribution in [0.4, 0.5) is 10.6 Å². The van der Waals surface area contributed by atoms with Gasteiger partial charge in [0.1, 0.15) is 5.82 Å². The molecule has 0 spiro atoms. The van der Waals surface area contributed by atoms with Gasteiger partial charge in [-0.2, -0.15) is 5.10 Å². The van der Waals surface area contributed by atoms with Crippen LogP contribution in [-0.2, 0) is 0 Å². The van der Waals surface area contributed by atoms with E-state index in [1.54, 1.807) is 6.20 Å². The van der Waals surface area contributed by atoms with Crippen LogP contribution in [-0.4, -0.2) is 46.9 Å². The van der Waals surface area contributed by atoms with E-state index >= 15 is 0 Å². The molecule has 0 bridgehead atoms. The topological polar surface area (TPSA) is 62.2 Å². The summed E-state index contributed by atoms with van der Waals surface area (Å²) in [6.45, 7) is 3.58. The van der Waals surface area contributed by atoms with Crippen molar-refractivity contribution in [2.45, 2.75) is 18.9 Å². The Morgan fingerprint density at radius 2 is 2.18 bits per heavy atom. The van der Waals surface area contributed by atoms with Crippen LogP contribution in [0.25, 0.3) is 0 Å². The normalized spacial score (nSPS) is 20.4. The Balaban J connectivity index is 1.67. The zero-order valence-corrected chi connectivity index (χ0v) is 9.72. The second-order valence-corrected chi connectivity index (χ2v) is 4.60. The summed E-state index contributed by atoms with van der Waals surface area (Å²) in [7, 11) is 0. The molecule has 2 amide bonds. The van der Waals surface area contributed by atoms with Gasteiger partial charge in [-0.15, -0.1) is 0 Å². The maximum absolute atomic E-state index is 12.0. The lowest BCUT2D eigenvalue weighted by atomic mass is 10.2. The van der Waals surface area contributed by atoms with E-state index in [1.807, 2.05) is 15.6 Å². The van der Waals surface area contributed by atoms with E-state index in [2.05, 4.69) is 15.7 Å². The molecule has 0 saturated carbocycles. The van der Waals surface area contributed by atoms with Crippen LogP contribution in [0, 0.1) is 0 Å². The number of hydrogen-bond acceptors (Lipinski definition) is 3. The molecule has 0 aliphatic carbocycles. The highest BCUT2D eigenvalue weighted by atomic mass is 16.2. The predicted molar refractivity (Wildman–Crippen MR) is 64.0 cm³/mol. The number of aromatic nitrogens is 2. The highest BCUT2D eigenvalue weighted by molar-refractivity contribution is 5.88. The molecule has 6 nitrogen and oxygen atoms in total. The number of nitrogens with one attached hydrogen (secondary N) is 2. The minimum atomic E-state index is -0.00321. The average molecular weight is 235 g/mol. The van der Waals surface area contributed by atoms with Crippen LogP contribution in [0.2, 0.25) is 0 Å². The van der Waals surface area contributed by atoms with E-state index in [0.29, 0.717) is 6.04 Å². The Labute approximate surface area is 100.0 Å². The number of carbonyl (C=O) groups is 1. The summed E-state index contributed by atoms with van der Waals surface area (Å²) in [6, 6.07) is 2.22. The molecular weight excluding hydrogens is 218 g/mol. The first-order valence-corrected chi connectivity index (χ1v) is 6.15. The van der Waals surface area contributed by atoms with Gasteiger partial charge >= 0.3 is 6.03 Å². The molecule has 3 heterocycles. The molecule has 92 valence electrons. The molecule has 1 aromatic rings. The second kappa shape index (κ2) is 4.37. The van der Waals surface area contributed by atoms with Crippen LogP contribution in [0.5, 0.6) is 0 Å². The first-order valence-electron chi connectivity index (χ1n) is 6.15. The van der Waals surface area contributed by atoms with Crippen LogP contribution in [0.3, 0.4) is 0 Å². The van der Waals surface area contributed by atoms with Gasteiger partial charge in [0.2, 0.25) is 0 Å². The summed E-state index contributed by atoms with van der Waals surface area (Å²) in [6.07, 6.45) is 3.95. The maximum atomic E-state index is 12.0. The van der Waals surface area contributed by atoms with E-state index in [9.17, 15) is 4.79 Å². The third kappa shape index (κ3) is 2.00. The molecule has 17 heavy (non-hydrogen) atoms. The SMILES string of the molecule is O=C(Nc1ccnn1C1CNC1)N1CCCC1. The van der Waals surface area contributed by atoms with Gasteiger partial charge in [0.05, 0.1) is 12.2 Å². The molecule has 2 saturated heterocycles. The summed E-state index contributed by atoms with van der Waals surface area (Å²) < 4.78 is 1.89. The van der Waals surface area contributed by atoms with Gasteiger partial charge in [-0.25, -0.2) is 9.48 Å². The summed E-state index contributed by atoms with van der Waals surface area (Å²) in [5.74, 6) is 0.799. The fourth-order valence-corrected chi connectivity index (χ4v) is 2.26. The van der Waals surface area contributed by atoms with Crippen molar-refractivity contribution in [2.24, 2.45) is 0 Å². The zero-order valence-electron chi connectivity index (χ0n) is 9.72. The minimum Gasteiger partial charge on any atom is -0.324 e. The van der Waals surface area contributed by atoms with Crippen LogP contribution in [0.15, 0.2) is 12.3 Å². The smallest absolute Gasteiger partial charge is 0.322 e. The van der Waals surface area contributed by atoms with E-state index < -0.39 is 0 Å². The lowest BCUT2D eigenvalue weighted by Crippen LogP contribution is -2.44. The predicted octanol–water partition coefficient (Wildman–Crippen LogP) is 0.655. The summed E-state index contributed by atoms with van der Waals surface area (Å²) in [5.41, 5.74) is 0. The summed E-state index contributed by atoms with van der Waals surface area (Å²) in [4.78, 5) is 13.8. The van der Waals surface area contributed by atoms with Gasteiger partial charge in [-0.3, -0.25) is 5.32 Å². The number of amides is 2. The first-order chi connectivity index (χ1) is 8.34. The Bertz CT molecular complexity index is 406. The standard InChI is InChI=1S/C11H17N5O/c17-11(15-5-1-2-6-15)14-10-3-4-13-16(10)9-7-12-8-9/h3-4,9,12H,1-2,5-8H2,(H,14,17). The largest absolute Gasteiger partial charge is 0.324 e. The Hall–Kier alpha value is -1.56. The average Bonchev–Trinajstić information content (AvgIpc) is 2.86. The quantitative estimate of drug-likeness (QED) is 0.791. The van der Waals surface area contributed by atoms with E-state index in [-0.39, 0.29) is 6.03 Å². The Kier molecular flexibility index (Phi) is 2.72. The second-order valence-electron chi connectivity index (χ2n) is 4.60. The number of rotatable bonds is 2. The van der Waals surface area contributed by atoms with E-state index in [4.69, 9.17) is 0 Å². The monoisotopic (exact) mass is 235 g/mol. The lowest BCUT2D eigenvalue weighted by molar-refractivity contribution is 0.222. The van der Waals surface area contributed by atoms with Crippen LogP contribution in [0.1, 0.15) is 18.9 Å². The van der Waals surface area contributed by atoms with Crippen molar-refractivity contribution in [1.29, 1.82) is 0 Å². The molecule has 3 rings (SSSR count). The van der Waals surface area contributed by atoms with Gasteiger partial charge in [0.15, 0.2) is 0 Å². The number of carbonyl (C=O) groups excluding carboxylic acids is 1. The van der Waals surface area contributed by atoms with Crippen molar-refractivity contribution >= 4 is 11.8 Å². The van der Waals surface area contributed by atoms with Gasteiger partial charge < -0.3 is 10.2 Å². The number of hydrogen-bond donors (Lipinski definition) is 2. The molecule has 1 aromatic heterocycles. The van der Waals surface area contributed by atoms with Crippen molar-refractivity contribution in [2.75, 3.05) is 31.5 Å². The maximum Gasteiger partial charge on any atom is 0.322 e. The first kappa shape index (κ1) is 10.6. The molecule has 0 aromatic carbocycles. The Morgan fingerprint density at radius 3 is 2.82 bits per heavy atom. The molecular formula is C11H17N5O. The fourth-order valence-electron chi connectivity index (χ4n) is 2.26. The van der Waals surface area contributed by atoms with Gasteiger partial charge in [-0.1, -0.05) is 0 Å². The molecule has 2 fully saturated rings. The minimum absolute atomic E-state index is 0.00321. The number of nitrogens with zero attached hydrogens (tertiary/aromatic N) is 3. The molecule has 2 aliphatic rings. The van der Waals surface area contributed by atoms with Gasteiger partial charge in [0.25, 0.3) is 0 Å². The van der Waals surface area contributed by atoms with E-state index in [1.165, 1.54) is 0 Å². The van der Waals surface area contributed by atoms with Crippen LogP contribution >= 0.6 is 0 Å². The zero-order chi connectivity index (χ0) is 11.7. The number of urea groups is 1. The molecule has 6 heteroatoms. The van der Waals surface area contributed by atoms with Gasteiger partial charge in [-0.05, 0) is 12.8 Å². The molecule has 2 aliphatic heterocycles. The third-order valence-electron chi connectivity index (χ3n) is 3.40. The summed E-state index contributed by atoms with van der Waals surface area (Å²) >= 11 is 0. The lowest BCUT2D eigenvalue weighted by Gasteiger charge is -2.29. The number of likely N-dealkylation sites (tertiary alicyclic amines) is 1. The van der Waals surface area contributed by atoms with Crippen LogP contribution < -0.4 is 10.6 Å². The van der Waals surface area contributed by atoms with E-state index in [0.717, 1.165) is 44.8 Å². The third-order valence-corrected chi connectivity index (χ3v) is 3.40. The highest BCUT2D eigenvalue weighted by Gasteiger charge is 2.24. The van der Waals surface area contributed by atoms with Crippen molar-refractivity contribution in [3.8, 4) is 0 Å². The molecule has 0 unspecified atom stereocenters. The van der Waals surface area contributed by atoms with Crippen molar-refractivity contribution in [3.63, 3.8) is 0 Å². The highest BCUT2D eigenvalue weighted by Crippen LogP contribution is 2.18. The molecule has 0 radical (unpaired) electrons.